The van der Waals surface area contributed by atoms with Crippen molar-refractivity contribution in [2.75, 3.05) is 19.8 Å². The molecule has 0 aromatic rings. The highest BCUT2D eigenvalue weighted by molar-refractivity contribution is 5.83. The second-order valence-corrected chi connectivity index (χ2v) is 6.60. The van der Waals surface area contributed by atoms with Gasteiger partial charge in [0.25, 0.3) is 0 Å². The van der Waals surface area contributed by atoms with Crippen molar-refractivity contribution in [1.82, 2.24) is 10.2 Å². The van der Waals surface area contributed by atoms with Crippen LogP contribution < -0.4 is 5.32 Å². The highest BCUT2D eigenvalue weighted by atomic mass is 16.5. The lowest BCUT2D eigenvalue weighted by molar-refractivity contribution is -0.142. The molecule has 6 heteroatoms. The summed E-state index contributed by atoms with van der Waals surface area (Å²) >= 11 is 0. The first-order valence-corrected chi connectivity index (χ1v) is 6.44. The minimum absolute atomic E-state index is 0.351. The van der Waals surface area contributed by atoms with Gasteiger partial charge in [-0.3, -0.25) is 0 Å². The van der Waals surface area contributed by atoms with E-state index in [-0.39, 0.29) is 6.03 Å². The first-order chi connectivity index (χ1) is 8.55. The predicted octanol–water partition coefficient (Wildman–Crippen LogP) is 1.31. The quantitative estimate of drug-likeness (QED) is 0.794. The van der Waals surface area contributed by atoms with Gasteiger partial charge in [0, 0.05) is 6.54 Å². The number of rotatable bonds is 2. The van der Waals surface area contributed by atoms with Crippen LogP contribution in [0.15, 0.2) is 0 Å². The number of carboxylic acids is 1. The van der Waals surface area contributed by atoms with Crippen molar-refractivity contribution in [3.8, 4) is 0 Å². The number of carbonyl (C=O) groups excluding carboxylic acids is 1. The van der Waals surface area contributed by atoms with Crippen LogP contribution >= 0.6 is 0 Å². The van der Waals surface area contributed by atoms with E-state index in [4.69, 9.17) is 4.74 Å². The summed E-state index contributed by atoms with van der Waals surface area (Å²) in [6.07, 6.45) is 0. The van der Waals surface area contributed by atoms with E-state index in [2.05, 4.69) is 5.32 Å². The average Bonchev–Trinajstić information content (AvgIpc) is 2.22. The number of hydrogen-bond donors (Lipinski definition) is 2. The highest BCUT2D eigenvalue weighted by Gasteiger charge is 2.38. The molecule has 6 nitrogen and oxygen atoms in total. The lowest BCUT2D eigenvalue weighted by Crippen LogP contribution is -2.61. The number of nitrogens with zero attached hydrogens (tertiary/aromatic N) is 1. The van der Waals surface area contributed by atoms with Gasteiger partial charge in [0.1, 0.15) is 6.04 Å². The largest absolute Gasteiger partial charge is 0.480 e. The van der Waals surface area contributed by atoms with Gasteiger partial charge >= 0.3 is 12.0 Å². The van der Waals surface area contributed by atoms with Gasteiger partial charge in [-0.2, -0.15) is 0 Å². The van der Waals surface area contributed by atoms with Gasteiger partial charge in [-0.1, -0.05) is 20.8 Å². The van der Waals surface area contributed by atoms with Crippen molar-refractivity contribution in [1.29, 1.82) is 0 Å². The maximum Gasteiger partial charge on any atom is 0.326 e. The number of nitrogens with one attached hydrogen (secondary N) is 1. The second-order valence-electron chi connectivity index (χ2n) is 6.60. The third-order valence-electron chi connectivity index (χ3n) is 3.27. The Labute approximate surface area is 114 Å². The summed E-state index contributed by atoms with van der Waals surface area (Å²) < 4.78 is 5.35. The summed E-state index contributed by atoms with van der Waals surface area (Å²) in [5.41, 5.74) is -0.971. The zero-order valence-electron chi connectivity index (χ0n) is 12.3. The smallest absolute Gasteiger partial charge is 0.326 e. The minimum atomic E-state index is -1.02. The van der Waals surface area contributed by atoms with E-state index in [1.54, 1.807) is 25.7 Å². The molecular weight excluding hydrogens is 248 g/mol. The Kier molecular flexibility index (Phi) is 4.45. The Morgan fingerprint density at radius 3 is 2.37 bits per heavy atom. The van der Waals surface area contributed by atoms with E-state index in [1.807, 2.05) is 13.8 Å². The third kappa shape index (κ3) is 3.83. The van der Waals surface area contributed by atoms with Crippen LogP contribution in [0, 0.1) is 5.41 Å². The van der Waals surface area contributed by atoms with Crippen LogP contribution in [0.4, 0.5) is 4.79 Å². The van der Waals surface area contributed by atoms with Crippen LogP contribution in [-0.4, -0.2) is 53.3 Å². The Balaban J connectivity index is 2.80. The summed E-state index contributed by atoms with van der Waals surface area (Å²) in [7, 11) is 0. The predicted molar refractivity (Wildman–Crippen MR) is 71.0 cm³/mol. The molecule has 19 heavy (non-hydrogen) atoms. The summed E-state index contributed by atoms with van der Waals surface area (Å²) in [5.74, 6) is -1.02. The zero-order chi connectivity index (χ0) is 14.8. The van der Waals surface area contributed by atoms with E-state index >= 15 is 0 Å². The number of ether oxygens (including phenoxy) is 1. The number of morpholine rings is 1. The van der Waals surface area contributed by atoms with Crippen molar-refractivity contribution in [3.63, 3.8) is 0 Å². The number of amides is 2. The third-order valence-corrected chi connectivity index (χ3v) is 3.27. The summed E-state index contributed by atoms with van der Waals surface area (Å²) in [4.78, 5) is 25.2. The first-order valence-electron chi connectivity index (χ1n) is 6.44. The van der Waals surface area contributed by atoms with Crippen molar-refractivity contribution >= 4 is 12.0 Å². The van der Waals surface area contributed by atoms with Gasteiger partial charge in [-0.05, 0) is 19.3 Å². The SMILES string of the molecule is CC(C)(C)C(NC(=O)N1CCOCC1(C)C)C(=O)O. The molecule has 0 bridgehead atoms. The molecule has 0 aliphatic carbocycles. The molecule has 1 aliphatic rings. The topological polar surface area (TPSA) is 78.9 Å². The molecule has 1 fully saturated rings. The molecule has 1 unspecified atom stereocenters. The molecular formula is C13H24N2O4. The van der Waals surface area contributed by atoms with Crippen LogP contribution in [0.25, 0.3) is 0 Å². The van der Waals surface area contributed by atoms with E-state index < -0.39 is 23.0 Å². The molecule has 1 heterocycles. The molecule has 0 aromatic carbocycles. The summed E-state index contributed by atoms with van der Waals surface area (Å²) in [6, 6.07) is -1.27. The fourth-order valence-corrected chi connectivity index (χ4v) is 2.08. The van der Waals surface area contributed by atoms with Crippen molar-refractivity contribution in [2.45, 2.75) is 46.2 Å². The molecule has 0 saturated carbocycles. The molecule has 2 amide bonds. The maximum absolute atomic E-state index is 12.3. The van der Waals surface area contributed by atoms with Crippen molar-refractivity contribution < 1.29 is 19.4 Å². The van der Waals surface area contributed by atoms with Crippen molar-refractivity contribution in [2.24, 2.45) is 5.41 Å². The number of carboxylic acid groups (broad SMARTS) is 1. The standard InChI is InChI=1S/C13H24N2O4/c1-12(2,3)9(10(16)17)14-11(18)15-6-7-19-8-13(15,4)5/h9H,6-8H2,1-5H3,(H,14,18)(H,16,17). The van der Waals surface area contributed by atoms with E-state index in [1.165, 1.54) is 0 Å². The van der Waals surface area contributed by atoms with Gasteiger partial charge in [-0.15, -0.1) is 0 Å². The van der Waals surface area contributed by atoms with Gasteiger partial charge < -0.3 is 20.1 Å². The Bertz CT molecular complexity index is 360. The Morgan fingerprint density at radius 1 is 1.37 bits per heavy atom. The monoisotopic (exact) mass is 272 g/mol. The molecule has 1 saturated heterocycles. The first kappa shape index (κ1) is 15.8. The lowest BCUT2D eigenvalue weighted by Gasteiger charge is -2.43. The molecule has 1 atom stereocenters. The molecule has 1 aliphatic heterocycles. The molecule has 0 radical (unpaired) electrons. The second kappa shape index (κ2) is 5.36. The normalized spacial score (nSPS) is 20.8. The van der Waals surface area contributed by atoms with Gasteiger partial charge in [0.2, 0.25) is 0 Å². The number of hydrogen-bond acceptors (Lipinski definition) is 3. The van der Waals surface area contributed by atoms with Crippen LogP contribution in [-0.2, 0) is 9.53 Å². The number of carbonyl (C=O) groups is 2. The molecule has 1 rings (SSSR count). The number of aliphatic carboxylic acids is 1. The Morgan fingerprint density at radius 2 is 1.95 bits per heavy atom. The Hall–Kier alpha value is -1.30. The fraction of sp³-hybridized carbons (Fsp3) is 0.846. The van der Waals surface area contributed by atoms with Crippen LogP contribution in [0.5, 0.6) is 0 Å². The molecule has 0 spiro atoms. The van der Waals surface area contributed by atoms with Crippen LogP contribution in [0.1, 0.15) is 34.6 Å². The lowest BCUT2D eigenvalue weighted by atomic mass is 9.87. The van der Waals surface area contributed by atoms with Gasteiger partial charge in [-0.25, -0.2) is 9.59 Å². The van der Waals surface area contributed by atoms with E-state index in [9.17, 15) is 14.7 Å². The summed E-state index contributed by atoms with van der Waals surface area (Å²) in [5, 5.41) is 11.8. The average molecular weight is 272 g/mol. The fourth-order valence-electron chi connectivity index (χ4n) is 2.08. The highest BCUT2D eigenvalue weighted by Crippen LogP contribution is 2.22. The van der Waals surface area contributed by atoms with E-state index in [0.717, 1.165) is 0 Å². The molecule has 2 N–H and O–H groups in total. The molecule has 0 aromatic heterocycles. The molecule has 110 valence electrons. The zero-order valence-corrected chi connectivity index (χ0v) is 12.3. The summed E-state index contributed by atoms with van der Waals surface area (Å²) in [6.45, 7) is 10.6. The van der Waals surface area contributed by atoms with Gasteiger partial charge in [0.05, 0.1) is 18.8 Å². The maximum atomic E-state index is 12.3. The minimum Gasteiger partial charge on any atom is -0.480 e. The van der Waals surface area contributed by atoms with Gasteiger partial charge in [0.15, 0.2) is 0 Å². The van der Waals surface area contributed by atoms with Crippen molar-refractivity contribution in [3.05, 3.63) is 0 Å². The van der Waals surface area contributed by atoms with Crippen LogP contribution in [0.2, 0.25) is 0 Å². The van der Waals surface area contributed by atoms with Crippen LogP contribution in [0.3, 0.4) is 0 Å². The van der Waals surface area contributed by atoms with E-state index in [0.29, 0.717) is 19.8 Å². The number of urea groups is 1.